The molecule has 10 aromatic rings. The van der Waals surface area contributed by atoms with Crippen LogP contribution in [0.2, 0.25) is 0 Å². The summed E-state index contributed by atoms with van der Waals surface area (Å²) < 4.78 is 92.6. The van der Waals surface area contributed by atoms with Gasteiger partial charge in [0.1, 0.15) is 0 Å². The molecule has 5 nitrogen and oxygen atoms in total. The lowest BCUT2D eigenvalue weighted by molar-refractivity contribution is -0.142. The molecule has 0 atom stereocenters. The molecule has 0 aliphatic rings. The van der Waals surface area contributed by atoms with Gasteiger partial charge in [-0.1, -0.05) is 78.9 Å². The lowest BCUT2D eigenvalue weighted by atomic mass is 9.92. The van der Waals surface area contributed by atoms with Crippen molar-refractivity contribution >= 4 is 43.6 Å². The molecule has 0 bridgehead atoms. The number of fused-ring (bicyclic) bond motifs is 6. The van der Waals surface area contributed by atoms with Gasteiger partial charge in [0.25, 0.3) is 0 Å². The Labute approximate surface area is 360 Å². The molecule has 0 saturated carbocycles. The molecule has 306 valence electrons. The molecule has 11 heteroatoms. The molecular formula is C53H27F6N5. The van der Waals surface area contributed by atoms with Crippen molar-refractivity contribution in [3.63, 3.8) is 0 Å². The van der Waals surface area contributed by atoms with Crippen molar-refractivity contribution in [2.24, 2.45) is 0 Å². The van der Waals surface area contributed by atoms with E-state index >= 15 is 13.2 Å². The van der Waals surface area contributed by atoms with Crippen LogP contribution in [0, 0.1) is 34.0 Å². The topological polar surface area (TPSA) is 81.2 Å². The average Bonchev–Trinajstić information content (AvgIpc) is 3.82. The highest BCUT2D eigenvalue weighted by atomic mass is 19.4. The number of halogens is 6. The number of benzene rings is 8. The van der Waals surface area contributed by atoms with E-state index in [1.165, 1.54) is 12.1 Å². The third kappa shape index (κ3) is 6.48. The van der Waals surface area contributed by atoms with Gasteiger partial charge >= 0.3 is 12.4 Å². The molecule has 8 aromatic carbocycles. The van der Waals surface area contributed by atoms with Gasteiger partial charge in [-0.05, 0) is 113 Å². The summed E-state index contributed by atoms with van der Waals surface area (Å²) in [5, 5.41) is 32.4. The summed E-state index contributed by atoms with van der Waals surface area (Å²) in [6, 6.07) is 51.0. The van der Waals surface area contributed by atoms with E-state index < -0.39 is 29.0 Å². The maximum absolute atomic E-state index is 15.4. The fourth-order valence-electron chi connectivity index (χ4n) is 8.78. The van der Waals surface area contributed by atoms with Crippen molar-refractivity contribution in [1.82, 2.24) is 9.13 Å². The number of hydrogen-bond donors (Lipinski definition) is 0. The first kappa shape index (κ1) is 39.5. The lowest BCUT2D eigenvalue weighted by Crippen LogP contribution is -2.14. The van der Waals surface area contributed by atoms with Gasteiger partial charge in [-0.3, -0.25) is 0 Å². The van der Waals surface area contributed by atoms with Crippen molar-refractivity contribution in [3.8, 4) is 63.0 Å². The third-order valence-electron chi connectivity index (χ3n) is 11.7. The Bertz CT molecular complexity index is 3470. The Morgan fingerprint density at radius 1 is 0.375 bits per heavy atom. The molecule has 0 N–H and O–H groups in total. The van der Waals surface area contributed by atoms with E-state index in [9.17, 15) is 29.0 Å². The maximum atomic E-state index is 15.4. The molecule has 0 unspecified atom stereocenters. The molecule has 0 spiro atoms. The largest absolute Gasteiger partial charge is 0.417 e. The highest BCUT2D eigenvalue weighted by Crippen LogP contribution is 2.48. The Morgan fingerprint density at radius 3 is 1.22 bits per heavy atom. The van der Waals surface area contributed by atoms with Gasteiger partial charge < -0.3 is 9.13 Å². The minimum atomic E-state index is -5.24. The summed E-state index contributed by atoms with van der Waals surface area (Å²) in [6.07, 6.45) is -10.3. The number of nitrogens with zero attached hydrogens (tertiary/aromatic N) is 5. The van der Waals surface area contributed by atoms with Gasteiger partial charge in [0, 0.05) is 27.1 Å². The zero-order chi connectivity index (χ0) is 44.5. The number of nitriles is 3. The van der Waals surface area contributed by atoms with Crippen molar-refractivity contribution in [1.29, 1.82) is 15.8 Å². The predicted molar refractivity (Wildman–Crippen MR) is 236 cm³/mol. The number of aromatic nitrogens is 2. The predicted octanol–water partition coefficient (Wildman–Crippen LogP) is 14.5. The van der Waals surface area contributed by atoms with Gasteiger partial charge in [-0.25, -0.2) is 0 Å². The van der Waals surface area contributed by atoms with Crippen molar-refractivity contribution in [3.05, 3.63) is 192 Å². The summed E-state index contributed by atoms with van der Waals surface area (Å²) in [4.78, 5) is 0. The van der Waals surface area contributed by atoms with Crippen LogP contribution in [0.25, 0.3) is 88.4 Å². The van der Waals surface area contributed by atoms with Crippen molar-refractivity contribution in [2.45, 2.75) is 12.4 Å². The fraction of sp³-hybridized carbons (Fsp3) is 0.0377. The number of para-hydroxylation sites is 2. The lowest BCUT2D eigenvalue weighted by Gasteiger charge is -2.24. The standard InChI is InChI=1S/C53H27F6N5/c54-52(55,56)38-19-20-41(44(27-38)53(57,58)59)51-49(63-45-7-3-1-5-39(45)42-25-36(17-21-47(42)63)34-13-9-31(28-60)10-14-34)23-33(30-62)24-50(51)64-46-8-4-2-6-40(46)43-26-37(18-22-48(43)64)35-15-11-32(29-61)12-16-35/h1-27H. The Hall–Kier alpha value is -8.59. The van der Waals surface area contributed by atoms with Crippen molar-refractivity contribution < 1.29 is 26.3 Å². The van der Waals surface area contributed by atoms with Gasteiger partial charge in [-0.2, -0.15) is 42.1 Å². The first-order valence-corrected chi connectivity index (χ1v) is 19.8. The summed E-state index contributed by atoms with van der Waals surface area (Å²) in [6.45, 7) is 0. The number of rotatable bonds is 5. The highest BCUT2D eigenvalue weighted by molar-refractivity contribution is 6.13. The molecule has 0 fully saturated rings. The molecule has 2 heterocycles. The van der Waals surface area contributed by atoms with E-state index in [4.69, 9.17) is 0 Å². The van der Waals surface area contributed by atoms with Gasteiger partial charge in [0.15, 0.2) is 0 Å². The molecule has 0 aliphatic heterocycles. The average molecular weight is 848 g/mol. The van der Waals surface area contributed by atoms with Crippen LogP contribution in [0.1, 0.15) is 27.8 Å². The van der Waals surface area contributed by atoms with E-state index in [-0.39, 0.29) is 28.6 Å². The third-order valence-corrected chi connectivity index (χ3v) is 11.7. The van der Waals surface area contributed by atoms with Crippen LogP contribution in [0.4, 0.5) is 26.3 Å². The second-order valence-corrected chi connectivity index (χ2v) is 15.3. The zero-order valence-electron chi connectivity index (χ0n) is 33.1. The van der Waals surface area contributed by atoms with E-state index in [1.54, 1.807) is 45.5 Å². The molecule has 2 aromatic heterocycles. The van der Waals surface area contributed by atoms with E-state index in [1.807, 2.05) is 97.1 Å². The van der Waals surface area contributed by atoms with Crippen LogP contribution in [0.3, 0.4) is 0 Å². The molecule has 0 aliphatic carbocycles. The van der Waals surface area contributed by atoms with Crippen LogP contribution in [-0.2, 0) is 12.4 Å². The minimum absolute atomic E-state index is 0.0577. The number of alkyl halides is 6. The highest BCUT2D eigenvalue weighted by Gasteiger charge is 2.40. The maximum Gasteiger partial charge on any atom is 0.417 e. The summed E-state index contributed by atoms with van der Waals surface area (Å²) >= 11 is 0. The van der Waals surface area contributed by atoms with Crippen LogP contribution in [-0.4, -0.2) is 9.13 Å². The van der Waals surface area contributed by atoms with E-state index in [0.29, 0.717) is 39.3 Å². The van der Waals surface area contributed by atoms with Gasteiger partial charge in [-0.15, -0.1) is 0 Å². The summed E-state index contributed by atoms with van der Waals surface area (Å²) in [5.41, 5.74) is 3.33. The Balaban J connectivity index is 1.34. The molecule has 10 rings (SSSR count). The molecule has 0 saturated heterocycles. The van der Waals surface area contributed by atoms with Crippen LogP contribution in [0.5, 0.6) is 0 Å². The smallest absolute Gasteiger partial charge is 0.308 e. The van der Waals surface area contributed by atoms with Gasteiger partial charge in [0.2, 0.25) is 0 Å². The second kappa shape index (κ2) is 14.8. The quantitative estimate of drug-likeness (QED) is 0.162. The number of hydrogen-bond acceptors (Lipinski definition) is 3. The molecule has 0 radical (unpaired) electrons. The van der Waals surface area contributed by atoms with Gasteiger partial charge in [0.05, 0.1) is 79.5 Å². The van der Waals surface area contributed by atoms with Crippen molar-refractivity contribution in [2.75, 3.05) is 0 Å². The van der Waals surface area contributed by atoms with Crippen LogP contribution >= 0.6 is 0 Å². The molecule has 0 amide bonds. The van der Waals surface area contributed by atoms with E-state index in [2.05, 4.69) is 18.2 Å². The van der Waals surface area contributed by atoms with E-state index in [0.717, 1.165) is 49.9 Å². The Kier molecular flexibility index (Phi) is 9.14. The molecule has 64 heavy (non-hydrogen) atoms. The zero-order valence-corrected chi connectivity index (χ0v) is 33.1. The van der Waals surface area contributed by atoms with Crippen LogP contribution < -0.4 is 0 Å². The minimum Gasteiger partial charge on any atom is -0.308 e. The fourth-order valence-corrected chi connectivity index (χ4v) is 8.78. The first-order chi connectivity index (χ1) is 30.9. The normalized spacial score (nSPS) is 11.9. The summed E-state index contributed by atoms with van der Waals surface area (Å²) in [7, 11) is 0. The monoisotopic (exact) mass is 847 g/mol. The summed E-state index contributed by atoms with van der Waals surface area (Å²) in [5.74, 6) is 0. The second-order valence-electron chi connectivity index (χ2n) is 15.3. The SMILES string of the molecule is N#Cc1ccc(-c2ccc3c(c2)c2ccccc2n3-c2cc(C#N)cc(-n3c4ccccc4c4cc(-c5ccc(C#N)cc5)ccc43)c2-c2ccc(C(F)(F)F)cc2C(F)(F)F)cc1. The molecular weight excluding hydrogens is 821 g/mol. The van der Waals surface area contributed by atoms with Crippen LogP contribution in [0.15, 0.2) is 164 Å². The first-order valence-electron chi connectivity index (χ1n) is 19.8. The Morgan fingerprint density at radius 2 is 0.797 bits per heavy atom.